The van der Waals surface area contributed by atoms with Gasteiger partial charge in [-0.1, -0.05) is 51.4 Å². The number of carbonyl (C=O) groups is 1. The first-order chi connectivity index (χ1) is 8.58. The lowest BCUT2D eigenvalue weighted by Gasteiger charge is -2.07. The summed E-state index contributed by atoms with van der Waals surface area (Å²) >= 11 is 10.7. The fraction of sp³-hybridized carbons (Fsp3) is 0. The molecule has 18 heavy (non-hydrogen) atoms. The molecule has 2 aromatic rings. The number of carboxylic acids is 1. The molecule has 0 unspecified atom stereocenters. The van der Waals surface area contributed by atoms with Gasteiger partial charge in [-0.25, -0.2) is 4.79 Å². The summed E-state index contributed by atoms with van der Waals surface area (Å²) in [5.41, 5.74) is 0.259. The first-order valence-electron chi connectivity index (χ1n) is 5.03. The van der Waals surface area contributed by atoms with Gasteiger partial charge in [-0.05, 0) is 30.3 Å². The summed E-state index contributed by atoms with van der Waals surface area (Å²) in [6.07, 6.45) is 0. The Kier molecular flexibility index (Phi) is 4.32. The molecule has 0 atom stereocenters. The van der Waals surface area contributed by atoms with Crippen molar-refractivity contribution in [2.45, 2.75) is 9.79 Å². The zero-order valence-electron chi connectivity index (χ0n) is 9.06. The van der Waals surface area contributed by atoms with Gasteiger partial charge in [-0.15, -0.1) is 0 Å². The predicted molar refractivity (Wildman–Crippen MR) is 76.7 cm³/mol. The number of halogens is 2. The maximum absolute atomic E-state index is 11.2. The van der Waals surface area contributed by atoms with Gasteiger partial charge in [0.25, 0.3) is 0 Å². The molecule has 0 aromatic heterocycles. The minimum absolute atomic E-state index is 0.259. The van der Waals surface area contributed by atoms with Crippen LogP contribution in [0.2, 0.25) is 5.02 Å². The maximum Gasteiger partial charge on any atom is 0.336 e. The van der Waals surface area contributed by atoms with Crippen molar-refractivity contribution in [2.75, 3.05) is 0 Å². The molecule has 2 nitrogen and oxygen atoms in total. The minimum Gasteiger partial charge on any atom is -0.478 e. The van der Waals surface area contributed by atoms with E-state index in [0.29, 0.717) is 9.92 Å². The van der Waals surface area contributed by atoms with E-state index in [-0.39, 0.29) is 5.56 Å². The van der Waals surface area contributed by atoms with Crippen LogP contribution in [0.5, 0.6) is 0 Å². The van der Waals surface area contributed by atoms with E-state index in [4.69, 9.17) is 11.6 Å². The summed E-state index contributed by atoms with van der Waals surface area (Å²) in [5.74, 6) is -0.953. The number of carboxylic acid groups (broad SMARTS) is 1. The summed E-state index contributed by atoms with van der Waals surface area (Å²) in [7, 11) is 0. The summed E-state index contributed by atoms with van der Waals surface area (Å²) in [6.45, 7) is 0. The van der Waals surface area contributed by atoms with E-state index in [2.05, 4.69) is 15.9 Å². The molecule has 0 heterocycles. The Morgan fingerprint density at radius 1 is 1.17 bits per heavy atom. The summed E-state index contributed by atoms with van der Waals surface area (Å²) in [5, 5.41) is 9.78. The Morgan fingerprint density at radius 3 is 2.56 bits per heavy atom. The second kappa shape index (κ2) is 5.78. The van der Waals surface area contributed by atoms with Crippen molar-refractivity contribution < 1.29 is 9.90 Å². The summed E-state index contributed by atoms with van der Waals surface area (Å²) in [6, 6.07) is 12.5. The van der Waals surface area contributed by atoms with E-state index in [1.807, 2.05) is 24.3 Å². The number of aromatic carboxylic acids is 1. The summed E-state index contributed by atoms with van der Waals surface area (Å²) < 4.78 is 0.739. The van der Waals surface area contributed by atoms with Crippen molar-refractivity contribution in [3.63, 3.8) is 0 Å². The van der Waals surface area contributed by atoms with Crippen molar-refractivity contribution in [3.05, 3.63) is 57.5 Å². The molecule has 5 heteroatoms. The molecule has 2 aromatic carbocycles. The second-order valence-corrected chi connectivity index (χ2v) is 5.88. The van der Waals surface area contributed by atoms with E-state index in [9.17, 15) is 9.90 Å². The Labute approximate surface area is 122 Å². The average molecular weight is 344 g/mol. The van der Waals surface area contributed by atoms with Crippen molar-refractivity contribution in [2.24, 2.45) is 0 Å². The first-order valence-corrected chi connectivity index (χ1v) is 7.02. The van der Waals surface area contributed by atoms with Crippen LogP contribution < -0.4 is 0 Å². The molecular weight excluding hydrogens is 336 g/mol. The van der Waals surface area contributed by atoms with Crippen LogP contribution in [0, 0.1) is 0 Å². The van der Waals surface area contributed by atoms with Gasteiger partial charge in [0.2, 0.25) is 0 Å². The molecular formula is C13H8BrClO2S. The SMILES string of the molecule is O=C(O)c1cc(Br)ccc1Sc1ccccc1Cl. The van der Waals surface area contributed by atoms with Crippen molar-refractivity contribution >= 4 is 45.3 Å². The van der Waals surface area contributed by atoms with Crippen molar-refractivity contribution in [3.8, 4) is 0 Å². The minimum atomic E-state index is -0.953. The van der Waals surface area contributed by atoms with Crippen LogP contribution in [0.4, 0.5) is 0 Å². The molecule has 0 bridgehead atoms. The van der Waals surface area contributed by atoms with E-state index < -0.39 is 5.97 Å². The molecule has 2 rings (SSSR count). The Balaban J connectivity index is 2.41. The number of hydrogen-bond donors (Lipinski definition) is 1. The predicted octanol–water partition coefficient (Wildman–Crippen LogP) is 4.95. The number of benzene rings is 2. The molecule has 0 aliphatic carbocycles. The first kappa shape index (κ1) is 13.5. The average Bonchev–Trinajstić information content (AvgIpc) is 2.34. The molecule has 0 fully saturated rings. The van der Waals surface area contributed by atoms with Crippen LogP contribution in [0.3, 0.4) is 0 Å². The van der Waals surface area contributed by atoms with Gasteiger partial charge in [-0.3, -0.25) is 0 Å². The van der Waals surface area contributed by atoms with Gasteiger partial charge < -0.3 is 5.11 Å². The maximum atomic E-state index is 11.2. The number of rotatable bonds is 3. The normalized spacial score (nSPS) is 10.3. The molecule has 0 amide bonds. The highest BCUT2D eigenvalue weighted by Gasteiger charge is 2.12. The van der Waals surface area contributed by atoms with E-state index in [0.717, 1.165) is 9.37 Å². The molecule has 0 aliphatic heterocycles. The van der Waals surface area contributed by atoms with Crippen LogP contribution in [0.25, 0.3) is 0 Å². The van der Waals surface area contributed by atoms with Gasteiger partial charge in [0.15, 0.2) is 0 Å². The number of hydrogen-bond acceptors (Lipinski definition) is 2. The monoisotopic (exact) mass is 342 g/mol. The Bertz CT molecular complexity index is 601. The van der Waals surface area contributed by atoms with Gasteiger partial charge in [0.1, 0.15) is 0 Å². The fourth-order valence-corrected chi connectivity index (χ4v) is 2.96. The van der Waals surface area contributed by atoms with Crippen LogP contribution in [0.1, 0.15) is 10.4 Å². The zero-order valence-corrected chi connectivity index (χ0v) is 12.2. The topological polar surface area (TPSA) is 37.3 Å². The van der Waals surface area contributed by atoms with E-state index >= 15 is 0 Å². The fourth-order valence-electron chi connectivity index (χ4n) is 1.40. The van der Waals surface area contributed by atoms with Gasteiger partial charge in [-0.2, -0.15) is 0 Å². The highest BCUT2D eigenvalue weighted by atomic mass is 79.9. The highest BCUT2D eigenvalue weighted by Crippen LogP contribution is 2.35. The third-order valence-corrected chi connectivity index (χ3v) is 4.32. The lowest BCUT2D eigenvalue weighted by atomic mass is 10.2. The third kappa shape index (κ3) is 3.07. The molecule has 92 valence electrons. The quantitative estimate of drug-likeness (QED) is 0.856. The van der Waals surface area contributed by atoms with Crippen LogP contribution >= 0.6 is 39.3 Å². The van der Waals surface area contributed by atoms with Crippen molar-refractivity contribution in [1.29, 1.82) is 0 Å². The van der Waals surface area contributed by atoms with Gasteiger partial charge >= 0.3 is 5.97 Å². The smallest absolute Gasteiger partial charge is 0.336 e. The standard InChI is InChI=1S/C13H8BrClO2S/c14-8-5-6-11(9(7-8)13(16)17)18-12-4-2-1-3-10(12)15/h1-7H,(H,16,17). The largest absolute Gasteiger partial charge is 0.478 e. The van der Waals surface area contributed by atoms with Crippen LogP contribution in [-0.4, -0.2) is 11.1 Å². The van der Waals surface area contributed by atoms with Crippen LogP contribution in [0.15, 0.2) is 56.7 Å². The third-order valence-electron chi connectivity index (χ3n) is 2.23. The van der Waals surface area contributed by atoms with Crippen molar-refractivity contribution in [1.82, 2.24) is 0 Å². The lowest BCUT2D eigenvalue weighted by molar-refractivity contribution is 0.0693. The molecule has 0 saturated heterocycles. The molecule has 0 aliphatic rings. The molecule has 0 spiro atoms. The summed E-state index contributed by atoms with van der Waals surface area (Å²) in [4.78, 5) is 12.7. The van der Waals surface area contributed by atoms with Crippen LogP contribution in [-0.2, 0) is 0 Å². The highest BCUT2D eigenvalue weighted by molar-refractivity contribution is 9.10. The van der Waals surface area contributed by atoms with Gasteiger partial charge in [0.05, 0.1) is 10.6 Å². The molecule has 1 N–H and O–H groups in total. The Morgan fingerprint density at radius 2 is 1.89 bits per heavy atom. The van der Waals surface area contributed by atoms with E-state index in [1.54, 1.807) is 18.2 Å². The molecule has 0 saturated carbocycles. The lowest BCUT2D eigenvalue weighted by Crippen LogP contribution is -1.98. The Hall–Kier alpha value is -0.970. The zero-order chi connectivity index (χ0) is 13.1. The van der Waals surface area contributed by atoms with E-state index in [1.165, 1.54) is 11.8 Å². The van der Waals surface area contributed by atoms with Gasteiger partial charge in [0, 0.05) is 14.3 Å². The second-order valence-electron chi connectivity index (χ2n) is 3.48. The molecule has 0 radical (unpaired) electrons.